The molecule has 3 N–H and O–H groups in total. The number of ether oxygens (including phenoxy) is 5. The maximum absolute atomic E-state index is 11.6. The van der Waals surface area contributed by atoms with Crippen molar-refractivity contribution in [3.63, 3.8) is 0 Å². The number of rotatable bonds is 8. The van der Waals surface area contributed by atoms with Crippen LogP contribution >= 0.6 is 0 Å². The third-order valence-electron chi connectivity index (χ3n) is 3.47. The van der Waals surface area contributed by atoms with Gasteiger partial charge in [0.25, 0.3) is 0 Å². The first-order valence-electron chi connectivity index (χ1n) is 8.37. The van der Waals surface area contributed by atoms with E-state index in [0.29, 0.717) is 0 Å². The summed E-state index contributed by atoms with van der Waals surface area (Å²) in [4.78, 5) is 45.9. The van der Waals surface area contributed by atoms with E-state index in [9.17, 15) is 19.2 Å². The van der Waals surface area contributed by atoms with Gasteiger partial charge in [0.1, 0.15) is 18.8 Å². The van der Waals surface area contributed by atoms with Gasteiger partial charge in [0.05, 0.1) is 6.61 Å². The molecule has 1 amide bonds. The molecule has 11 heteroatoms. The summed E-state index contributed by atoms with van der Waals surface area (Å²) in [6.07, 6.45) is -4.34. The van der Waals surface area contributed by atoms with Crippen LogP contribution in [0.25, 0.3) is 0 Å². The normalized spacial score (nSPS) is 27.4. The number of hydrogen-bond donors (Lipinski definition) is 2. The zero-order valence-electron chi connectivity index (χ0n) is 15.8. The van der Waals surface area contributed by atoms with Crippen molar-refractivity contribution in [3.8, 4) is 0 Å². The molecule has 1 rings (SSSR count). The summed E-state index contributed by atoms with van der Waals surface area (Å²) in [6.45, 7) is 4.78. The highest BCUT2D eigenvalue weighted by Crippen LogP contribution is 2.27. The third-order valence-corrected chi connectivity index (χ3v) is 3.47. The van der Waals surface area contributed by atoms with Crippen molar-refractivity contribution < 1.29 is 42.9 Å². The van der Waals surface area contributed by atoms with Crippen LogP contribution in [0.15, 0.2) is 0 Å². The fourth-order valence-corrected chi connectivity index (χ4v) is 2.62. The molecule has 1 fully saturated rings. The maximum Gasteiger partial charge on any atom is 0.303 e. The van der Waals surface area contributed by atoms with E-state index < -0.39 is 54.5 Å². The van der Waals surface area contributed by atoms with Gasteiger partial charge >= 0.3 is 17.9 Å². The number of amides is 1. The number of esters is 3. The van der Waals surface area contributed by atoms with E-state index in [1.165, 1.54) is 20.8 Å². The Morgan fingerprint density at radius 2 is 1.56 bits per heavy atom. The zero-order valence-corrected chi connectivity index (χ0v) is 15.8. The minimum Gasteiger partial charge on any atom is -0.463 e. The molecule has 1 aliphatic heterocycles. The summed E-state index contributed by atoms with van der Waals surface area (Å²) < 4.78 is 26.8. The first kappa shape index (κ1) is 22.8. The highest BCUT2D eigenvalue weighted by atomic mass is 16.7. The fraction of sp³-hybridized carbons (Fsp3) is 0.750. The van der Waals surface area contributed by atoms with Gasteiger partial charge in [0.15, 0.2) is 18.5 Å². The highest BCUT2D eigenvalue weighted by molar-refractivity contribution is 5.73. The van der Waals surface area contributed by atoms with E-state index in [4.69, 9.17) is 29.4 Å². The summed E-state index contributed by atoms with van der Waals surface area (Å²) in [5.41, 5.74) is 5.44. The number of nitrogens with two attached hydrogens (primary N) is 1. The minimum absolute atomic E-state index is 0.0893. The zero-order chi connectivity index (χ0) is 20.6. The van der Waals surface area contributed by atoms with Crippen molar-refractivity contribution >= 4 is 23.8 Å². The minimum atomic E-state index is -1.14. The smallest absolute Gasteiger partial charge is 0.303 e. The van der Waals surface area contributed by atoms with Gasteiger partial charge in [-0.3, -0.25) is 19.2 Å². The van der Waals surface area contributed by atoms with Gasteiger partial charge in [0, 0.05) is 34.2 Å². The molecule has 11 nitrogen and oxygen atoms in total. The van der Waals surface area contributed by atoms with Crippen molar-refractivity contribution in [1.29, 1.82) is 0 Å². The lowest BCUT2D eigenvalue weighted by Gasteiger charge is -2.44. The predicted molar refractivity (Wildman–Crippen MR) is 89.0 cm³/mol. The fourth-order valence-electron chi connectivity index (χ4n) is 2.62. The number of hydrogen-bond acceptors (Lipinski definition) is 10. The van der Waals surface area contributed by atoms with E-state index in [0.717, 1.165) is 6.92 Å². The molecule has 1 aliphatic rings. The Kier molecular flexibility index (Phi) is 9.12. The molecule has 0 saturated carbocycles. The van der Waals surface area contributed by atoms with Crippen molar-refractivity contribution in [3.05, 3.63) is 0 Å². The molecule has 0 bridgehead atoms. The van der Waals surface area contributed by atoms with Crippen LogP contribution in [-0.2, 0) is 42.9 Å². The molecular formula is C16H26N2O9. The SMILES string of the molecule is CC(=O)N[C@@H]1[C@@H](OCCN)O[C@H](COC(C)=O)[C@@H](OC(C)=O)[C@@H]1OC(C)=O. The van der Waals surface area contributed by atoms with E-state index in [1.54, 1.807) is 0 Å². The van der Waals surface area contributed by atoms with Gasteiger partial charge in [-0.25, -0.2) is 0 Å². The average Bonchev–Trinajstić information content (AvgIpc) is 2.54. The molecule has 0 aromatic heterocycles. The van der Waals surface area contributed by atoms with E-state index in [2.05, 4.69) is 5.32 Å². The van der Waals surface area contributed by atoms with Crippen LogP contribution in [0.3, 0.4) is 0 Å². The van der Waals surface area contributed by atoms with Gasteiger partial charge in [-0.15, -0.1) is 0 Å². The Hall–Kier alpha value is -2.24. The second-order valence-corrected chi connectivity index (χ2v) is 5.88. The molecule has 0 aromatic rings. The summed E-state index contributed by atoms with van der Waals surface area (Å²) >= 11 is 0. The van der Waals surface area contributed by atoms with Gasteiger partial charge in [0.2, 0.25) is 5.91 Å². The van der Waals surface area contributed by atoms with E-state index in [1.807, 2.05) is 0 Å². The lowest BCUT2D eigenvalue weighted by molar-refractivity contribution is -0.277. The lowest BCUT2D eigenvalue weighted by Crippen LogP contribution is -2.66. The van der Waals surface area contributed by atoms with Gasteiger partial charge in [-0.1, -0.05) is 0 Å². The number of carbonyl (C=O) groups excluding carboxylic acids is 4. The molecule has 0 radical (unpaired) electrons. The second-order valence-electron chi connectivity index (χ2n) is 5.88. The molecule has 0 unspecified atom stereocenters. The molecule has 0 aromatic carbocycles. The van der Waals surface area contributed by atoms with Crippen molar-refractivity contribution in [2.45, 2.75) is 58.3 Å². The monoisotopic (exact) mass is 390 g/mol. The van der Waals surface area contributed by atoms with Crippen LogP contribution in [0, 0.1) is 0 Å². The quantitative estimate of drug-likeness (QED) is 0.374. The largest absolute Gasteiger partial charge is 0.463 e. The Morgan fingerprint density at radius 3 is 2.04 bits per heavy atom. The molecule has 1 heterocycles. The van der Waals surface area contributed by atoms with E-state index in [-0.39, 0.29) is 19.8 Å². The Morgan fingerprint density at radius 1 is 0.963 bits per heavy atom. The first-order valence-corrected chi connectivity index (χ1v) is 8.37. The third kappa shape index (κ3) is 7.49. The van der Waals surface area contributed by atoms with Crippen LogP contribution in [0.1, 0.15) is 27.7 Å². The summed E-state index contributed by atoms with van der Waals surface area (Å²) in [7, 11) is 0. The number of nitrogens with one attached hydrogen (secondary N) is 1. The molecule has 27 heavy (non-hydrogen) atoms. The van der Waals surface area contributed by atoms with Crippen LogP contribution in [0.2, 0.25) is 0 Å². The lowest BCUT2D eigenvalue weighted by atomic mass is 9.96. The Labute approximate surface area is 156 Å². The summed E-state index contributed by atoms with van der Waals surface area (Å²) in [6, 6.07) is -0.976. The van der Waals surface area contributed by atoms with Crippen LogP contribution in [-0.4, -0.2) is 74.2 Å². The molecular weight excluding hydrogens is 364 g/mol. The topological polar surface area (TPSA) is 152 Å². The van der Waals surface area contributed by atoms with Gasteiger partial charge in [-0.2, -0.15) is 0 Å². The van der Waals surface area contributed by atoms with Gasteiger partial charge < -0.3 is 34.7 Å². The van der Waals surface area contributed by atoms with Crippen LogP contribution in [0.4, 0.5) is 0 Å². The molecule has 1 saturated heterocycles. The summed E-state index contributed by atoms with van der Waals surface area (Å²) in [5, 5.41) is 2.58. The van der Waals surface area contributed by atoms with Crippen molar-refractivity contribution in [2.75, 3.05) is 19.8 Å². The maximum atomic E-state index is 11.6. The summed E-state index contributed by atoms with van der Waals surface area (Å²) in [5.74, 6) is -2.36. The second kappa shape index (κ2) is 10.8. The Balaban J connectivity index is 3.22. The first-order chi connectivity index (χ1) is 12.6. The molecule has 5 atom stereocenters. The number of carbonyl (C=O) groups is 4. The molecule has 0 aliphatic carbocycles. The highest BCUT2D eigenvalue weighted by Gasteiger charge is 2.51. The Bertz CT molecular complexity index is 554. The predicted octanol–water partition coefficient (Wildman–Crippen LogP) is -1.38. The van der Waals surface area contributed by atoms with Crippen molar-refractivity contribution in [1.82, 2.24) is 5.32 Å². The average molecular weight is 390 g/mol. The van der Waals surface area contributed by atoms with E-state index >= 15 is 0 Å². The van der Waals surface area contributed by atoms with Gasteiger partial charge in [-0.05, 0) is 0 Å². The van der Waals surface area contributed by atoms with Crippen LogP contribution < -0.4 is 11.1 Å². The van der Waals surface area contributed by atoms with Crippen molar-refractivity contribution in [2.24, 2.45) is 5.73 Å². The molecule has 154 valence electrons. The standard InChI is InChI=1S/C16H26N2O9/c1-8(19)18-13-15(26-11(4)22)14(25-10(3)21)12(7-24-9(2)20)27-16(13)23-6-5-17/h12-16H,5-7,17H2,1-4H3,(H,18,19)/t12-,13+,14-,15-,16+/m1/s1. The van der Waals surface area contributed by atoms with Crippen LogP contribution in [0.5, 0.6) is 0 Å². The molecule has 0 spiro atoms.